The van der Waals surface area contributed by atoms with Crippen molar-refractivity contribution < 1.29 is 0 Å². The second kappa shape index (κ2) is 4.58. The number of rotatable bonds is 2. The van der Waals surface area contributed by atoms with Crippen molar-refractivity contribution in [3.8, 4) is 5.82 Å². The van der Waals surface area contributed by atoms with Gasteiger partial charge in [0.15, 0.2) is 11.6 Å². The van der Waals surface area contributed by atoms with E-state index in [4.69, 9.17) is 0 Å². The predicted molar refractivity (Wildman–Crippen MR) is 61.8 cm³/mol. The first-order chi connectivity index (χ1) is 8.45. The molecular formula is C11H14N6. The van der Waals surface area contributed by atoms with Crippen LogP contribution in [-0.2, 0) is 0 Å². The second-order valence-electron chi connectivity index (χ2n) is 4.18. The van der Waals surface area contributed by atoms with Crippen LogP contribution in [0.5, 0.6) is 0 Å². The summed E-state index contributed by atoms with van der Waals surface area (Å²) in [5.41, 5.74) is 0. The van der Waals surface area contributed by atoms with Crippen LogP contribution in [0.2, 0.25) is 0 Å². The zero-order valence-corrected chi connectivity index (χ0v) is 9.45. The highest BCUT2D eigenvalue weighted by molar-refractivity contribution is 5.21. The monoisotopic (exact) mass is 230 g/mol. The molecule has 3 rings (SSSR count). The number of aromatic nitrogens is 5. The predicted octanol–water partition coefficient (Wildman–Crippen LogP) is 0.524. The molecule has 3 heterocycles. The van der Waals surface area contributed by atoms with Gasteiger partial charge in [0.25, 0.3) is 0 Å². The molecule has 0 bridgehead atoms. The van der Waals surface area contributed by atoms with Gasteiger partial charge in [0.1, 0.15) is 0 Å². The fourth-order valence-electron chi connectivity index (χ4n) is 2.16. The number of pyridine rings is 1. The normalized spacial score (nSPS) is 20.4. The average Bonchev–Trinajstić information content (AvgIpc) is 2.90. The minimum Gasteiger partial charge on any atom is -0.316 e. The van der Waals surface area contributed by atoms with Gasteiger partial charge in [-0.15, -0.1) is 5.10 Å². The van der Waals surface area contributed by atoms with E-state index in [0.29, 0.717) is 5.92 Å². The molecule has 1 aliphatic rings. The number of hydrogen-bond acceptors (Lipinski definition) is 5. The van der Waals surface area contributed by atoms with E-state index in [0.717, 1.165) is 31.2 Å². The van der Waals surface area contributed by atoms with E-state index in [2.05, 4.69) is 25.8 Å². The van der Waals surface area contributed by atoms with E-state index in [-0.39, 0.29) is 0 Å². The third-order valence-electron chi connectivity index (χ3n) is 3.02. The molecule has 1 atom stereocenters. The molecule has 1 saturated heterocycles. The van der Waals surface area contributed by atoms with Gasteiger partial charge in [-0.2, -0.15) is 4.68 Å². The highest BCUT2D eigenvalue weighted by atomic mass is 15.6. The average molecular weight is 230 g/mol. The van der Waals surface area contributed by atoms with Crippen molar-refractivity contribution in [3.63, 3.8) is 0 Å². The van der Waals surface area contributed by atoms with E-state index >= 15 is 0 Å². The highest BCUT2D eigenvalue weighted by Gasteiger charge is 2.22. The largest absolute Gasteiger partial charge is 0.316 e. The lowest BCUT2D eigenvalue weighted by atomic mass is 9.99. The lowest BCUT2D eigenvalue weighted by Crippen LogP contribution is -2.30. The van der Waals surface area contributed by atoms with Crippen LogP contribution in [0.4, 0.5) is 0 Å². The summed E-state index contributed by atoms with van der Waals surface area (Å²) in [6.07, 6.45) is 4.04. The fourth-order valence-corrected chi connectivity index (χ4v) is 2.16. The summed E-state index contributed by atoms with van der Waals surface area (Å²) in [7, 11) is 0. The second-order valence-corrected chi connectivity index (χ2v) is 4.18. The van der Waals surface area contributed by atoms with Crippen LogP contribution in [0.15, 0.2) is 24.4 Å². The molecule has 88 valence electrons. The third kappa shape index (κ3) is 2.03. The minimum atomic E-state index is 0.376. The molecule has 0 spiro atoms. The van der Waals surface area contributed by atoms with Crippen LogP contribution in [0.3, 0.4) is 0 Å². The third-order valence-corrected chi connectivity index (χ3v) is 3.02. The Morgan fingerprint density at radius 3 is 3.12 bits per heavy atom. The summed E-state index contributed by atoms with van der Waals surface area (Å²) in [6.45, 7) is 2.02. The first-order valence-electron chi connectivity index (χ1n) is 5.85. The van der Waals surface area contributed by atoms with Gasteiger partial charge in [0.2, 0.25) is 0 Å². The number of piperidine rings is 1. The van der Waals surface area contributed by atoms with Crippen LogP contribution in [0.25, 0.3) is 5.82 Å². The van der Waals surface area contributed by atoms with Crippen molar-refractivity contribution >= 4 is 0 Å². The molecule has 17 heavy (non-hydrogen) atoms. The molecule has 0 aromatic carbocycles. The van der Waals surface area contributed by atoms with Crippen molar-refractivity contribution in [2.24, 2.45) is 0 Å². The van der Waals surface area contributed by atoms with Gasteiger partial charge in [0, 0.05) is 18.7 Å². The van der Waals surface area contributed by atoms with E-state index in [9.17, 15) is 0 Å². The van der Waals surface area contributed by atoms with E-state index < -0.39 is 0 Å². The first-order valence-corrected chi connectivity index (χ1v) is 5.85. The van der Waals surface area contributed by atoms with Crippen molar-refractivity contribution in [1.29, 1.82) is 0 Å². The Morgan fingerprint density at radius 2 is 2.35 bits per heavy atom. The van der Waals surface area contributed by atoms with E-state index in [1.165, 1.54) is 6.42 Å². The summed E-state index contributed by atoms with van der Waals surface area (Å²) in [4.78, 5) is 4.28. The number of hydrogen-bond donors (Lipinski definition) is 1. The number of nitrogens with zero attached hydrogens (tertiary/aromatic N) is 5. The molecule has 2 aromatic rings. The Morgan fingerprint density at radius 1 is 1.35 bits per heavy atom. The molecule has 0 saturated carbocycles. The van der Waals surface area contributed by atoms with Gasteiger partial charge < -0.3 is 5.32 Å². The Kier molecular flexibility index (Phi) is 2.79. The molecular weight excluding hydrogens is 216 g/mol. The van der Waals surface area contributed by atoms with Gasteiger partial charge in [-0.05, 0) is 41.9 Å². The zero-order valence-electron chi connectivity index (χ0n) is 9.45. The molecule has 2 aromatic heterocycles. The first kappa shape index (κ1) is 10.3. The maximum Gasteiger partial charge on any atom is 0.162 e. The topological polar surface area (TPSA) is 68.5 Å². The van der Waals surface area contributed by atoms with Crippen molar-refractivity contribution in [3.05, 3.63) is 30.2 Å². The van der Waals surface area contributed by atoms with E-state index in [1.54, 1.807) is 10.9 Å². The minimum absolute atomic E-state index is 0.376. The number of nitrogens with one attached hydrogen (secondary N) is 1. The van der Waals surface area contributed by atoms with Crippen LogP contribution < -0.4 is 5.32 Å². The summed E-state index contributed by atoms with van der Waals surface area (Å²) < 4.78 is 1.73. The number of tetrazole rings is 1. The Hall–Kier alpha value is -1.82. The van der Waals surface area contributed by atoms with Gasteiger partial charge in [-0.3, -0.25) is 0 Å². The SMILES string of the molecule is c1ccc(-n2nnnc2C2CCCNC2)nc1. The van der Waals surface area contributed by atoms with Gasteiger partial charge in [0.05, 0.1) is 0 Å². The van der Waals surface area contributed by atoms with Crippen LogP contribution in [-0.4, -0.2) is 38.3 Å². The maximum atomic E-state index is 4.28. The standard InChI is InChI=1S/C11H14N6/c1-2-7-13-10(5-1)17-11(14-15-16-17)9-4-3-6-12-8-9/h1-2,5,7,9,12H,3-4,6,8H2. The maximum absolute atomic E-state index is 4.28. The summed E-state index contributed by atoms with van der Waals surface area (Å²) >= 11 is 0. The van der Waals surface area contributed by atoms with Crippen molar-refractivity contribution in [2.45, 2.75) is 18.8 Å². The lowest BCUT2D eigenvalue weighted by molar-refractivity contribution is 0.439. The smallest absolute Gasteiger partial charge is 0.162 e. The Balaban J connectivity index is 1.93. The molecule has 0 aliphatic carbocycles. The molecule has 1 unspecified atom stereocenters. The highest BCUT2D eigenvalue weighted by Crippen LogP contribution is 2.21. The molecule has 0 radical (unpaired) electrons. The fraction of sp³-hybridized carbons (Fsp3) is 0.455. The summed E-state index contributed by atoms with van der Waals surface area (Å²) in [5, 5.41) is 15.3. The van der Waals surface area contributed by atoms with E-state index in [1.807, 2.05) is 18.2 Å². The molecule has 6 heteroatoms. The molecule has 0 amide bonds. The van der Waals surface area contributed by atoms with Crippen molar-refractivity contribution in [1.82, 2.24) is 30.5 Å². The zero-order chi connectivity index (χ0) is 11.5. The van der Waals surface area contributed by atoms with Crippen LogP contribution in [0, 0.1) is 0 Å². The van der Waals surface area contributed by atoms with Gasteiger partial charge in [-0.1, -0.05) is 6.07 Å². The molecule has 1 aliphatic heterocycles. The summed E-state index contributed by atoms with van der Waals surface area (Å²) in [5.74, 6) is 2.05. The van der Waals surface area contributed by atoms with Crippen LogP contribution in [0.1, 0.15) is 24.6 Å². The quantitative estimate of drug-likeness (QED) is 0.814. The van der Waals surface area contributed by atoms with Crippen molar-refractivity contribution in [2.75, 3.05) is 13.1 Å². The molecule has 1 N–H and O–H groups in total. The van der Waals surface area contributed by atoms with Crippen LogP contribution >= 0.6 is 0 Å². The van der Waals surface area contributed by atoms with Gasteiger partial charge >= 0.3 is 0 Å². The Labute approximate surface area is 99.1 Å². The molecule has 1 fully saturated rings. The lowest BCUT2D eigenvalue weighted by Gasteiger charge is -2.21. The Bertz CT molecular complexity index is 474. The molecule has 6 nitrogen and oxygen atoms in total. The van der Waals surface area contributed by atoms with Gasteiger partial charge in [-0.25, -0.2) is 4.98 Å². The summed E-state index contributed by atoms with van der Waals surface area (Å²) in [6, 6.07) is 5.73.